The van der Waals surface area contributed by atoms with Gasteiger partial charge >= 0.3 is 0 Å². The molecule has 1 N–H and O–H groups in total. The molecule has 0 aliphatic carbocycles. The Morgan fingerprint density at radius 3 is 3.07 bits per heavy atom. The van der Waals surface area contributed by atoms with Gasteiger partial charge in [0.1, 0.15) is 16.5 Å². The second-order valence-corrected chi connectivity index (χ2v) is 3.69. The summed E-state index contributed by atoms with van der Waals surface area (Å²) in [4.78, 5) is 5.32. The number of aromatic amines is 1. The molecule has 0 atom stereocenters. The normalized spacial score (nSPS) is 10.4. The molecule has 0 saturated carbocycles. The van der Waals surface area contributed by atoms with Gasteiger partial charge in [0.25, 0.3) is 0 Å². The highest BCUT2D eigenvalue weighted by molar-refractivity contribution is 7.13. The lowest BCUT2D eigenvalue weighted by atomic mass is 10.4. The molecule has 5 heteroatoms. The molecule has 0 amide bonds. The van der Waals surface area contributed by atoms with Crippen LogP contribution in [0.4, 0.5) is 0 Å². The minimum atomic E-state index is 0.716. The number of hydrogen-bond donors (Lipinski definition) is 1. The number of ether oxygens (including phenoxy) is 1. The monoisotopic (exact) mass is 209 g/mol. The molecule has 2 aromatic rings. The minimum absolute atomic E-state index is 0.716. The van der Waals surface area contributed by atoms with Gasteiger partial charge in [0.2, 0.25) is 0 Å². The number of methoxy groups -OCH3 is 1. The summed E-state index contributed by atoms with van der Waals surface area (Å²) in [6, 6.07) is 1.92. The molecule has 0 saturated heterocycles. The first kappa shape index (κ1) is 9.21. The zero-order chi connectivity index (χ0) is 9.97. The second kappa shape index (κ2) is 3.79. The first-order chi connectivity index (χ1) is 6.85. The van der Waals surface area contributed by atoms with Crippen molar-refractivity contribution in [1.29, 1.82) is 0 Å². The van der Waals surface area contributed by atoms with Crippen molar-refractivity contribution in [3.05, 3.63) is 17.3 Å². The molecule has 0 aromatic carbocycles. The summed E-state index contributed by atoms with van der Waals surface area (Å²) in [7, 11) is 1.65. The molecule has 74 valence electrons. The fourth-order valence-electron chi connectivity index (χ4n) is 1.18. The number of thiophene rings is 1. The summed E-state index contributed by atoms with van der Waals surface area (Å²) in [6.45, 7) is 2.04. The van der Waals surface area contributed by atoms with Crippen LogP contribution >= 0.6 is 11.3 Å². The van der Waals surface area contributed by atoms with Crippen molar-refractivity contribution in [2.45, 2.75) is 13.3 Å². The molecule has 2 heterocycles. The molecule has 0 unspecified atom stereocenters. The molecule has 0 fully saturated rings. The van der Waals surface area contributed by atoms with Gasteiger partial charge in [-0.2, -0.15) is 5.10 Å². The number of aryl methyl sites for hydroxylation is 1. The lowest BCUT2D eigenvalue weighted by Crippen LogP contribution is -1.84. The molecule has 2 rings (SSSR count). The molecule has 0 spiro atoms. The van der Waals surface area contributed by atoms with Gasteiger partial charge < -0.3 is 4.74 Å². The molecule has 0 aliphatic heterocycles. The average molecular weight is 209 g/mol. The summed E-state index contributed by atoms with van der Waals surface area (Å²) in [5.41, 5.74) is 0. The molecular weight excluding hydrogens is 198 g/mol. The summed E-state index contributed by atoms with van der Waals surface area (Å²) < 4.78 is 5.20. The van der Waals surface area contributed by atoms with E-state index in [1.54, 1.807) is 18.4 Å². The van der Waals surface area contributed by atoms with Crippen molar-refractivity contribution in [2.24, 2.45) is 0 Å². The highest BCUT2D eigenvalue weighted by atomic mass is 32.1. The first-order valence-corrected chi connectivity index (χ1v) is 5.26. The molecule has 0 aliphatic rings. The Bertz CT molecular complexity index is 421. The van der Waals surface area contributed by atoms with E-state index in [0.717, 1.165) is 22.9 Å². The zero-order valence-corrected chi connectivity index (χ0v) is 8.89. The van der Waals surface area contributed by atoms with E-state index in [0.29, 0.717) is 5.82 Å². The van der Waals surface area contributed by atoms with E-state index in [2.05, 4.69) is 15.2 Å². The van der Waals surface area contributed by atoms with Crippen molar-refractivity contribution in [1.82, 2.24) is 15.2 Å². The van der Waals surface area contributed by atoms with Crippen LogP contribution in [0.1, 0.15) is 12.7 Å². The van der Waals surface area contributed by atoms with Crippen LogP contribution in [0.2, 0.25) is 0 Å². The quantitative estimate of drug-likeness (QED) is 0.842. The summed E-state index contributed by atoms with van der Waals surface area (Å²) in [5, 5.41) is 8.99. The maximum atomic E-state index is 5.20. The molecule has 14 heavy (non-hydrogen) atoms. The van der Waals surface area contributed by atoms with E-state index < -0.39 is 0 Å². The first-order valence-electron chi connectivity index (χ1n) is 4.38. The summed E-state index contributed by atoms with van der Waals surface area (Å²) >= 11 is 1.58. The van der Waals surface area contributed by atoms with Gasteiger partial charge in [-0.05, 0) is 11.4 Å². The van der Waals surface area contributed by atoms with Crippen LogP contribution in [0.25, 0.3) is 10.7 Å². The van der Waals surface area contributed by atoms with Crippen LogP contribution in [0, 0.1) is 0 Å². The SMILES string of the molecule is CCc1nc(-c2sccc2OC)n[nH]1. The highest BCUT2D eigenvalue weighted by Gasteiger charge is 2.11. The van der Waals surface area contributed by atoms with Gasteiger partial charge in [0, 0.05) is 6.42 Å². The van der Waals surface area contributed by atoms with Crippen molar-refractivity contribution in [3.63, 3.8) is 0 Å². The van der Waals surface area contributed by atoms with E-state index in [1.165, 1.54) is 0 Å². The standard InChI is InChI=1S/C9H11N3OS/c1-3-7-10-9(12-11-7)8-6(13-2)4-5-14-8/h4-5H,3H2,1-2H3,(H,10,11,12). The van der Waals surface area contributed by atoms with Crippen LogP contribution in [-0.2, 0) is 6.42 Å². The Balaban J connectivity index is 2.38. The van der Waals surface area contributed by atoms with Crippen LogP contribution in [0.3, 0.4) is 0 Å². The predicted octanol–water partition coefficient (Wildman–Crippen LogP) is 2.10. The van der Waals surface area contributed by atoms with Crippen LogP contribution in [0.5, 0.6) is 5.75 Å². The number of nitrogens with zero attached hydrogens (tertiary/aromatic N) is 2. The lowest BCUT2D eigenvalue weighted by Gasteiger charge is -1.96. The maximum absolute atomic E-state index is 5.20. The van der Waals surface area contributed by atoms with Gasteiger partial charge in [-0.3, -0.25) is 5.10 Å². The third kappa shape index (κ3) is 1.50. The van der Waals surface area contributed by atoms with Crippen LogP contribution in [0.15, 0.2) is 11.4 Å². The van der Waals surface area contributed by atoms with Gasteiger partial charge in [-0.1, -0.05) is 6.92 Å². The summed E-state index contributed by atoms with van der Waals surface area (Å²) in [6.07, 6.45) is 0.862. The van der Waals surface area contributed by atoms with Gasteiger partial charge in [0.05, 0.1) is 7.11 Å². The fourth-order valence-corrected chi connectivity index (χ4v) is 1.97. The number of H-pyrrole nitrogens is 1. The highest BCUT2D eigenvalue weighted by Crippen LogP contribution is 2.32. The van der Waals surface area contributed by atoms with Gasteiger partial charge in [-0.25, -0.2) is 4.98 Å². The van der Waals surface area contributed by atoms with E-state index in [-0.39, 0.29) is 0 Å². The average Bonchev–Trinajstić information content (AvgIpc) is 2.85. The van der Waals surface area contributed by atoms with Crippen molar-refractivity contribution < 1.29 is 4.74 Å². The zero-order valence-electron chi connectivity index (χ0n) is 8.07. The van der Waals surface area contributed by atoms with Crippen LogP contribution in [-0.4, -0.2) is 22.3 Å². The third-order valence-corrected chi connectivity index (χ3v) is 2.81. The number of rotatable bonds is 3. The lowest BCUT2D eigenvalue weighted by molar-refractivity contribution is 0.418. The molecule has 4 nitrogen and oxygen atoms in total. The number of nitrogens with one attached hydrogen (secondary N) is 1. The Hall–Kier alpha value is -1.36. The van der Waals surface area contributed by atoms with Gasteiger partial charge in [0.15, 0.2) is 5.82 Å². The van der Waals surface area contributed by atoms with E-state index in [1.807, 2.05) is 18.4 Å². The summed E-state index contributed by atoms with van der Waals surface area (Å²) in [5.74, 6) is 2.45. The Labute approximate surface area is 86.0 Å². The molecular formula is C9H11N3OS. The van der Waals surface area contributed by atoms with Crippen molar-refractivity contribution in [2.75, 3.05) is 7.11 Å². The molecule has 2 aromatic heterocycles. The predicted molar refractivity (Wildman–Crippen MR) is 55.6 cm³/mol. The van der Waals surface area contributed by atoms with Crippen LogP contribution < -0.4 is 4.74 Å². The van der Waals surface area contributed by atoms with Crippen molar-refractivity contribution in [3.8, 4) is 16.5 Å². The maximum Gasteiger partial charge on any atom is 0.195 e. The topological polar surface area (TPSA) is 50.8 Å². The third-order valence-electron chi connectivity index (χ3n) is 1.92. The number of aromatic nitrogens is 3. The Morgan fingerprint density at radius 2 is 2.43 bits per heavy atom. The van der Waals surface area contributed by atoms with E-state index in [9.17, 15) is 0 Å². The Kier molecular flexibility index (Phi) is 2.49. The molecule has 0 radical (unpaired) electrons. The van der Waals surface area contributed by atoms with E-state index >= 15 is 0 Å². The molecule has 0 bridgehead atoms. The smallest absolute Gasteiger partial charge is 0.195 e. The van der Waals surface area contributed by atoms with E-state index in [4.69, 9.17) is 4.74 Å². The van der Waals surface area contributed by atoms with Gasteiger partial charge in [-0.15, -0.1) is 11.3 Å². The second-order valence-electron chi connectivity index (χ2n) is 2.78. The Morgan fingerprint density at radius 1 is 1.57 bits per heavy atom. The minimum Gasteiger partial charge on any atom is -0.495 e. The largest absolute Gasteiger partial charge is 0.495 e. The van der Waals surface area contributed by atoms with Crippen molar-refractivity contribution >= 4 is 11.3 Å². The fraction of sp³-hybridized carbons (Fsp3) is 0.333. The number of hydrogen-bond acceptors (Lipinski definition) is 4.